The number of aromatic carboxylic acids is 1. The highest BCUT2D eigenvalue weighted by Crippen LogP contribution is 2.26. The van der Waals surface area contributed by atoms with Crippen molar-refractivity contribution in [1.29, 1.82) is 0 Å². The summed E-state index contributed by atoms with van der Waals surface area (Å²) in [5, 5.41) is 10.2. The Hall–Kier alpha value is -2.82. The van der Waals surface area contributed by atoms with E-state index in [2.05, 4.69) is 0 Å². The molecule has 112 valence electrons. The van der Waals surface area contributed by atoms with Gasteiger partial charge in [-0.1, -0.05) is 18.2 Å². The molecule has 22 heavy (non-hydrogen) atoms. The SMILES string of the molecule is COc1ccc2cc(C(=O)O)n(Cc3ccccc3F)c2c1. The summed E-state index contributed by atoms with van der Waals surface area (Å²) in [6.07, 6.45) is 0. The molecule has 0 aliphatic heterocycles. The van der Waals surface area contributed by atoms with Crippen molar-refractivity contribution in [3.05, 3.63) is 65.6 Å². The van der Waals surface area contributed by atoms with E-state index >= 15 is 0 Å². The maximum absolute atomic E-state index is 13.9. The van der Waals surface area contributed by atoms with Gasteiger partial charge in [0.2, 0.25) is 0 Å². The number of benzene rings is 2. The summed E-state index contributed by atoms with van der Waals surface area (Å²) in [4.78, 5) is 11.5. The van der Waals surface area contributed by atoms with Crippen molar-refractivity contribution in [2.75, 3.05) is 7.11 Å². The first-order valence-electron chi connectivity index (χ1n) is 6.74. The highest BCUT2D eigenvalue weighted by molar-refractivity contribution is 5.95. The second-order valence-corrected chi connectivity index (χ2v) is 4.94. The zero-order valence-corrected chi connectivity index (χ0v) is 11.9. The first kappa shape index (κ1) is 14.1. The highest BCUT2D eigenvalue weighted by Gasteiger charge is 2.16. The van der Waals surface area contributed by atoms with Crippen molar-refractivity contribution < 1.29 is 19.0 Å². The second kappa shape index (κ2) is 5.52. The van der Waals surface area contributed by atoms with Crippen molar-refractivity contribution >= 4 is 16.9 Å². The van der Waals surface area contributed by atoms with Gasteiger partial charge >= 0.3 is 5.97 Å². The minimum atomic E-state index is -1.05. The molecule has 1 heterocycles. The average molecular weight is 299 g/mol. The van der Waals surface area contributed by atoms with Crippen LogP contribution < -0.4 is 4.74 Å². The summed E-state index contributed by atoms with van der Waals surface area (Å²) in [5.74, 6) is -0.785. The van der Waals surface area contributed by atoms with Crippen molar-refractivity contribution in [3.8, 4) is 5.75 Å². The Bertz CT molecular complexity index is 854. The topological polar surface area (TPSA) is 51.5 Å². The molecule has 3 aromatic rings. The first-order chi connectivity index (χ1) is 10.6. The number of nitrogens with zero attached hydrogens (tertiary/aromatic N) is 1. The molecule has 1 aromatic heterocycles. The molecule has 0 aliphatic carbocycles. The van der Waals surface area contributed by atoms with Crippen LogP contribution in [-0.4, -0.2) is 22.8 Å². The number of aromatic nitrogens is 1. The van der Waals surface area contributed by atoms with Crippen LogP contribution in [0, 0.1) is 5.82 Å². The molecular formula is C17H14FNO3. The molecule has 0 saturated heterocycles. The van der Waals surface area contributed by atoms with Gasteiger partial charge in [-0.05, 0) is 24.3 Å². The van der Waals surface area contributed by atoms with Gasteiger partial charge in [0.25, 0.3) is 0 Å². The van der Waals surface area contributed by atoms with E-state index in [-0.39, 0.29) is 18.1 Å². The number of rotatable bonds is 4. The third kappa shape index (κ3) is 2.41. The molecule has 0 aliphatic rings. The lowest BCUT2D eigenvalue weighted by atomic mass is 10.2. The number of fused-ring (bicyclic) bond motifs is 1. The van der Waals surface area contributed by atoms with E-state index in [1.165, 1.54) is 6.07 Å². The van der Waals surface area contributed by atoms with Gasteiger partial charge < -0.3 is 14.4 Å². The van der Waals surface area contributed by atoms with Crippen molar-refractivity contribution in [3.63, 3.8) is 0 Å². The Morgan fingerprint density at radius 2 is 2.00 bits per heavy atom. The van der Waals surface area contributed by atoms with Gasteiger partial charge in [-0.3, -0.25) is 0 Å². The number of carboxylic acid groups (broad SMARTS) is 1. The summed E-state index contributed by atoms with van der Waals surface area (Å²) in [6, 6.07) is 13.2. The molecule has 0 radical (unpaired) electrons. The van der Waals surface area contributed by atoms with Crippen LogP contribution in [0.25, 0.3) is 10.9 Å². The van der Waals surface area contributed by atoms with Gasteiger partial charge in [0.05, 0.1) is 19.2 Å². The number of hydrogen-bond donors (Lipinski definition) is 1. The van der Waals surface area contributed by atoms with E-state index in [0.29, 0.717) is 16.8 Å². The second-order valence-electron chi connectivity index (χ2n) is 4.94. The number of carboxylic acids is 1. The molecule has 5 heteroatoms. The minimum Gasteiger partial charge on any atom is -0.497 e. The Morgan fingerprint density at radius 3 is 2.68 bits per heavy atom. The maximum atomic E-state index is 13.9. The minimum absolute atomic E-state index is 0.117. The fraction of sp³-hybridized carbons (Fsp3) is 0.118. The fourth-order valence-electron chi connectivity index (χ4n) is 2.51. The Morgan fingerprint density at radius 1 is 1.23 bits per heavy atom. The normalized spacial score (nSPS) is 10.8. The van der Waals surface area contributed by atoms with Crippen LogP contribution in [0.15, 0.2) is 48.5 Å². The van der Waals surface area contributed by atoms with Gasteiger partial charge in [0, 0.05) is 17.0 Å². The van der Waals surface area contributed by atoms with Gasteiger partial charge in [-0.15, -0.1) is 0 Å². The van der Waals surface area contributed by atoms with E-state index < -0.39 is 5.97 Å². The van der Waals surface area contributed by atoms with Crippen LogP contribution in [-0.2, 0) is 6.54 Å². The molecule has 0 atom stereocenters. The van der Waals surface area contributed by atoms with Crippen LogP contribution in [0.2, 0.25) is 0 Å². The Balaban J connectivity index is 2.19. The number of ether oxygens (including phenoxy) is 1. The summed E-state index contributed by atoms with van der Waals surface area (Å²) in [5.41, 5.74) is 1.25. The Kier molecular flexibility index (Phi) is 3.55. The summed E-state index contributed by atoms with van der Waals surface area (Å²) < 4.78 is 20.6. The fourth-order valence-corrected chi connectivity index (χ4v) is 2.51. The average Bonchev–Trinajstić information content (AvgIpc) is 2.87. The molecule has 1 N–H and O–H groups in total. The molecule has 0 spiro atoms. The Labute approximate surface area is 126 Å². The van der Waals surface area contributed by atoms with E-state index in [1.807, 2.05) is 0 Å². The van der Waals surface area contributed by atoms with Gasteiger partial charge in [0.15, 0.2) is 0 Å². The van der Waals surface area contributed by atoms with Gasteiger partial charge in [-0.25, -0.2) is 9.18 Å². The predicted octanol–water partition coefficient (Wildman–Crippen LogP) is 3.54. The van der Waals surface area contributed by atoms with Gasteiger partial charge in [-0.2, -0.15) is 0 Å². The molecule has 0 bridgehead atoms. The summed E-state index contributed by atoms with van der Waals surface area (Å²) in [6.45, 7) is 0.144. The maximum Gasteiger partial charge on any atom is 0.352 e. The highest BCUT2D eigenvalue weighted by atomic mass is 19.1. The lowest BCUT2D eigenvalue weighted by molar-refractivity contribution is 0.0686. The molecule has 0 amide bonds. The summed E-state index contributed by atoms with van der Waals surface area (Å²) in [7, 11) is 1.55. The summed E-state index contributed by atoms with van der Waals surface area (Å²) >= 11 is 0. The molecule has 4 nitrogen and oxygen atoms in total. The third-order valence-electron chi connectivity index (χ3n) is 3.62. The lowest BCUT2D eigenvalue weighted by Crippen LogP contribution is -2.10. The van der Waals surface area contributed by atoms with Crippen LogP contribution in [0.5, 0.6) is 5.75 Å². The molecule has 3 rings (SSSR count). The van der Waals surface area contributed by atoms with Crippen LogP contribution in [0.4, 0.5) is 4.39 Å². The first-order valence-corrected chi connectivity index (χ1v) is 6.74. The number of carbonyl (C=O) groups is 1. The number of hydrogen-bond acceptors (Lipinski definition) is 2. The van der Waals surface area contributed by atoms with Crippen LogP contribution >= 0.6 is 0 Å². The molecule has 2 aromatic carbocycles. The monoisotopic (exact) mass is 299 g/mol. The van der Waals surface area contributed by atoms with E-state index in [4.69, 9.17) is 4.74 Å². The standard InChI is InChI=1S/C17H14FNO3/c1-22-13-7-6-11-8-16(17(20)21)19(15(11)9-13)10-12-4-2-3-5-14(12)18/h2-9H,10H2,1H3,(H,20,21). The number of methoxy groups -OCH3 is 1. The number of halogens is 1. The molecule has 0 saturated carbocycles. The largest absolute Gasteiger partial charge is 0.497 e. The van der Waals surface area contributed by atoms with Crippen molar-refractivity contribution in [2.45, 2.75) is 6.54 Å². The quantitative estimate of drug-likeness (QED) is 0.801. The van der Waals surface area contributed by atoms with Crippen molar-refractivity contribution in [2.24, 2.45) is 0 Å². The molecular weight excluding hydrogens is 285 g/mol. The van der Waals surface area contributed by atoms with Crippen molar-refractivity contribution in [1.82, 2.24) is 4.57 Å². The van der Waals surface area contributed by atoms with E-state index in [0.717, 1.165) is 5.39 Å². The van der Waals surface area contributed by atoms with E-state index in [9.17, 15) is 14.3 Å². The van der Waals surface area contributed by atoms with E-state index in [1.54, 1.807) is 54.1 Å². The van der Waals surface area contributed by atoms with Crippen LogP contribution in [0.1, 0.15) is 16.1 Å². The van der Waals surface area contributed by atoms with Crippen LogP contribution in [0.3, 0.4) is 0 Å². The lowest BCUT2D eigenvalue weighted by Gasteiger charge is -2.10. The predicted molar refractivity (Wildman–Crippen MR) is 81.0 cm³/mol. The molecule has 0 unspecified atom stereocenters. The zero-order chi connectivity index (χ0) is 15.7. The van der Waals surface area contributed by atoms with Gasteiger partial charge in [0.1, 0.15) is 17.3 Å². The third-order valence-corrected chi connectivity index (χ3v) is 3.62. The zero-order valence-electron chi connectivity index (χ0n) is 11.9. The smallest absolute Gasteiger partial charge is 0.352 e. The molecule has 0 fully saturated rings.